The Labute approximate surface area is 181 Å². The number of nitrogens with one attached hydrogen (secondary N) is 3. The van der Waals surface area contributed by atoms with E-state index >= 15 is 0 Å². The van der Waals surface area contributed by atoms with Gasteiger partial charge in [-0.2, -0.15) is 0 Å². The lowest BCUT2D eigenvalue weighted by Crippen LogP contribution is -2.24. The van der Waals surface area contributed by atoms with Crippen LogP contribution in [0.15, 0.2) is 72.8 Å². The van der Waals surface area contributed by atoms with Gasteiger partial charge in [-0.25, -0.2) is 0 Å². The van der Waals surface area contributed by atoms with Crippen LogP contribution in [-0.4, -0.2) is 32.6 Å². The summed E-state index contributed by atoms with van der Waals surface area (Å²) in [5.41, 5.74) is 2.72. The van der Waals surface area contributed by atoms with Crippen molar-refractivity contribution in [2.24, 2.45) is 0 Å². The van der Waals surface area contributed by atoms with E-state index < -0.39 is 0 Å². The first-order valence-corrected chi connectivity index (χ1v) is 9.77. The van der Waals surface area contributed by atoms with Crippen LogP contribution in [0.3, 0.4) is 0 Å². The van der Waals surface area contributed by atoms with Crippen LogP contribution in [0.5, 0.6) is 11.5 Å². The Morgan fingerprint density at radius 3 is 2.42 bits per heavy atom. The molecule has 0 aliphatic heterocycles. The van der Waals surface area contributed by atoms with Crippen molar-refractivity contribution in [1.29, 1.82) is 0 Å². The van der Waals surface area contributed by atoms with Crippen LogP contribution >= 0.6 is 0 Å². The van der Waals surface area contributed by atoms with Crippen LogP contribution in [0, 0.1) is 0 Å². The van der Waals surface area contributed by atoms with Crippen molar-refractivity contribution >= 4 is 23.2 Å². The minimum absolute atomic E-state index is 0.0233. The molecular formula is C24H25N3O4. The van der Waals surface area contributed by atoms with Gasteiger partial charge in [0.2, 0.25) is 5.91 Å². The van der Waals surface area contributed by atoms with E-state index in [2.05, 4.69) is 16.0 Å². The first-order valence-electron chi connectivity index (χ1n) is 9.77. The fraction of sp³-hybridized carbons (Fsp3) is 0.167. The van der Waals surface area contributed by atoms with E-state index in [1.165, 1.54) is 7.11 Å². The summed E-state index contributed by atoms with van der Waals surface area (Å²) in [5, 5.41) is 8.72. The number of rotatable bonds is 9. The van der Waals surface area contributed by atoms with Gasteiger partial charge < -0.3 is 25.4 Å². The molecule has 3 aromatic rings. The molecule has 0 aromatic heterocycles. The third kappa shape index (κ3) is 6.24. The predicted octanol–water partition coefficient (Wildman–Crippen LogP) is 3.68. The van der Waals surface area contributed by atoms with Crippen LogP contribution in [-0.2, 0) is 11.3 Å². The second-order valence-electron chi connectivity index (χ2n) is 6.72. The number of methoxy groups -OCH3 is 2. The Balaban J connectivity index is 1.56. The third-order valence-corrected chi connectivity index (χ3v) is 4.55. The predicted molar refractivity (Wildman–Crippen MR) is 121 cm³/mol. The van der Waals surface area contributed by atoms with Gasteiger partial charge >= 0.3 is 0 Å². The normalized spacial score (nSPS) is 10.1. The zero-order valence-electron chi connectivity index (χ0n) is 17.5. The smallest absolute Gasteiger partial charge is 0.251 e. The van der Waals surface area contributed by atoms with Crippen LogP contribution in [0.25, 0.3) is 0 Å². The zero-order chi connectivity index (χ0) is 22.1. The molecule has 0 bridgehead atoms. The molecule has 3 N–H and O–H groups in total. The molecule has 2 amide bonds. The largest absolute Gasteiger partial charge is 0.497 e. The Morgan fingerprint density at radius 2 is 1.68 bits per heavy atom. The van der Waals surface area contributed by atoms with Crippen molar-refractivity contribution < 1.29 is 19.1 Å². The molecule has 0 aliphatic carbocycles. The number of hydrogen-bond acceptors (Lipinski definition) is 5. The molecule has 3 rings (SSSR count). The lowest BCUT2D eigenvalue weighted by molar-refractivity contribution is -0.114. The van der Waals surface area contributed by atoms with Crippen molar-refractivity contribution in [3.63, 3.8) is 0 Å². The summed E-state index contributed by atoms with van der Waals surface area (Å²) in [6.45, 7) is 0.470. The summed E-state index contributed by atoms with van der Waals surface area (Å²) in [6, 6.07) is 21.9. The van der Waals surface area contributed by atoms with E-state index in [-0.39, 0.29) is 18.4 Å². The minimum atomic E-state index is -0.259. The summed E-state index contributed by atoms with van der Waals surface area (Å²) < 4.78 is 10.5. The van der Waals surface area contributed by atoms with Gasteiger partial charge in [-0.1, -0.05) is 36.4 Å². The molecule has 7 nitrogen and oxygen atoms in total. The SMILES string of the molecule is COc1ccc(OC)c(NC(=O)CNc2cccc(C(=O)NCc3ccccc3)c2)c1. The van der Waals surface area contributed by atoms with Gasteiger partial charge in [0, 0.05) is 23.9 Å². The van der Waals surface area contributed by atoms with Crippen molar-refractivity contribution in [1.82, 2.24) is 5.32 Å². The van der Waals surface area contributed by atoms with Gasteiger partial charge in [-0.3, -0.25) is 9.59 Å². The van der Waals surface area contributed by atoms with Gasteiger partial charge in [0.05, 0.1) is 26.5 Å². The van der Waals surface area contributed by atoms with Crippen LogP contribution in [0.1, 0.15) is 15.9 Å². The monoisotopic (exact) mass is 419 g/mol. The first-order chi connectivity index (χ1) is 15.1. The molecule has 7 heteroatoms. The van der Waals surface area contributed by atoms with Gasteiger partial charge in [0.1, 0.15) is 11.5 Å². The molecule has 31 heavy (non-hydrogen) atoms. The maximum atomic E-state index is 12.4. The van der Waals surface area contributed by atoms with E-state index in [9.17, 15) is 9.59 Å². The molecule has 0 aliphatic rings. The highest BCUT2D eigenvalue weighted by molar-refractivity contribution is 5.96. The molecule has 0 heterocycles. The average Bonchev–Trinajstić information content (AvgIpc) is 2.82. The standard InChI is InChI=1S/C24H25N3O4/c1-30-20-11-12-22(31-2)21(14-20)27-23(28)16-25-19-10-6-9-18(13-19)24(29)26-15-17-7-4-3-5-8-17/h3-14,25H,15-16H2,1-2H3,(H,26,29)(H,27,28). The highest BCUT2D eigenvalue weighted by Gasteiger charge is 2.10. The molecule has 0 saturated carbocycles. The quantitative estimate of drug-likeness (QED) is 0.492. The van der Waals surface area contributed by atoms with Crippen LogP contribution in [0.2, 0.25) is 0 Å². The van der Waals surface area contributed by atoms with Crippen molar-refractivity contribution in [2.45, 2.75) is 6.54 Å². The molecule has 160 valence electrons. The fourth-order valence-corrected chi connectivity index (χ4v) is 2.94. The Hall–Kier alpha value is -4.00. The highest BCUT2D eigenvalue weighted by atomic mass is 16.5. The minimum Gasteiger partial charge on any atom is -0.497 e. The van der Waals surface area contributed by atoms with E-state index in [0.29, 0.717) is 35.0 Å². The number of amides is 2. The summed E-state index contributed by atoms with van der Waals surface area (Å²) in [4.78, 5) is 24.8. The second-order valence-corrected chi connectivity index (χ2v) is 6.72. The van der Waals surface area contributed by atoms with Gasteiger partial charge in [-0.05, 0) is 35.9 Å². The molecular weight excluding hydrogens is 394 g/mol. The fourth-order valence-electron chi connectivity index (χ4n) is 2.94. The molecule has 0 radical (unpaired) electrons. The van der Waals surface area contributed by atoms with E-state index in [0.717, 1.165) is 5.56 Å². The summed E-state index contributed by atoms with van der Waals surface area (Å²) in [7, 11) is 3.09. The molecule has 0 atom stereocenters. The van der Waals surface area contributed by atoms with Crippen molar-refractivity contribution in [3.05, 3.63) is 83.9 Å². The first kappa shape index (κ1) is 21.7. The van der Waals surface area contributed by atoms with Crippen LogP contribution in [0.4, 0.5) is 11.4 Å². The number of carbonyl (C=O) groups is 2. The number of ether oxygens (including phenoxy) is 2. The average molecular weight is 419 g/mol. The summed E-state index contributed by atoms with van der Waals surface area (Å²) >= 11 is 0. The topological polar surface area (TPSA) is 88.7 Å². The van der Waals surface area contributed by atoms with Gasteiger partial charge in [0.15, 0.2) is 0 Å². The zero-order valence-corrected chi connectivity index (χ0v) is 17.5. The van der Waals surface area contributed by atoms with Crippen molar-refractivity contribution in [3.8, 4) is 11.5 Å². The molecule has 0 saturated heterocycles. The molecule has 0 spiro atoms. The van der Waals surface area contributed by atoms with Crippen LogP contribution < -0.4 is 25.4 Å². The maximum Gasteiger partial charge on any atom is 0.251 e. The summed E-state index contributed by atoms with van der Waals surface area (Å²) in [5.74, 6) is 0.702. The Morgan fingerprint density at radius 1 is 0.871 bits per heavy atom. The van der Waals surface area contributed by atoms with E-state index in [1.54, 1.807) is 49.6 Å². The summed E-state index contributed by atoms with van der Waals surface area (Å²) in [6.07, 6.45) is 0. The molecule has 0 fully saturated rings. The van der Waals surface area contributed by atoms with Crippen molar-refractivity contribution in [2.75, 3.05) is 31.4 Å². The van der Waals surface area contributed by atoms with Gasteiger partial charge in [-0.15, -0.1) is 0 Å². The number of carbonyl (C=O) groups excluding carboxylic acids is 2. The maximum absolute atomic E-state index is 12.4. The van der Waals surface area contributed by atoms with Gasteiger partial charge in [0.25, 0.3) is 5.91 Å². The van der Waals surface area contributed by atoms with E-state index in [4.69, 9.17) is 9.47 Å². The number of benzene rings is 3. The number of hydrogen-bond donors (Lipinski definition) is 3. The third-order valence-electron chi connectivity index (χ3n) is 4.55. The van der Waals surface area contributed by atoms with E-state index in [1.807, 2.05) is 30.3 Å². The Kier molecular flexibility index (Phi) is 7.48. The number of anilines is 2. The highest BCUT2D eigenvalue weighted by Crippen LogP contribution is 2.28. The molecule has 0 unspecified atom stereocenters. The lowest BCUT2D eigenvalue weighted by Gasteiger charge is -2.13. The second kappa shape index (κ2) is 10.7. The Bertz CT molecular complexity index is 1040. The molecule has 3 aromatic carbocycles. The lowest BCUT2D eigenvalue weighted by atomic mass is 10.1.